The Kier molecular flexibility index (Phi) is 10.1. The highest BCUT2D eigenvalue weighted by molar-refractivity contribution is 7.99. The van der Waals surface area contributed by atoms with Gasteiger partial charge in [0.25, 0.3) is 0 Å². The molecule has 8 heteroatoms. The van der Waals surface area contributed by atoms with Gasteiger partial charge in [0.2, 0.25) is 0 Å². The number of carbonyl (C=O) groups is 1. The van der Waals surface area contributed by atoms with Crippen LogP contribution in [0.25, 0.3) is 10.9 Å². The van der Waals surface area contributed by atoms with Gasteiger partial charge < -0.3 is 14.7 Å². The number of hydrogen-bond donors (Lipinski definition) is 1. The number of halogens is 2. The average Bonchev–Trinajstić information content (AvgIpc) is 2.90. The second kappa shape index (κ2) is 13.4. The molecule has 4 rings (SSSR count). The molecule has 2 aromatic carbocycles. The predicted octanol–water partition coefficient (Wildman–Crippen LogP) is 7.28. The average molecular weight is 545 g/mol. The fourth-order valence-electron chi connectivity index (χ4n) is 5.29. The van der Waals surface area contributed by atoms with E-state index in [0.717, 1.165) is 59.0 Å². The number of hydrogen-bond acceptors (Lipinski definition) is 5. The van der Waals surface area contributed by atoms with Gasteiger partial charge in [-0.1, -0.05) is 23.7 Å². The van der Waals surface area contributed by atoms with E-state index in [1.807, 2.05) is 42.5 Å². The molecule has 1 fully saturated rings. The van der Waals surface area contributed by atoms with Crippen molar-refractivity contribution >= 4 is 40.2 Å². The number of rotatable bonds is 12. The third kappa shape index (κ3) is 7.59. The highest BCUT2D eigenvalue weighted by Crippen LogP contribution is 2.36. The van der Waals surface area contributed by atoms with E-state index in [1.54, 1.807) is 31.1 Å². The summed E-state index contributed by atoms with van der Waals surface area (Å²) < 4.78 is 20.8. The number of aliphatic carboxylic acids is 1. The maximum atomic E-state index is 15.5. The first-order valence-electron chi connectivity index (χ1n) is 12.8. The van der Waals surface area contributed by atoms with E-state index >= 15 is 4.39 Å². The number of nitrogens with zero attached hydrogens (tertiary/aromatic N) is 2. The third-order valence-electron chi connectivity index (χ3n) is 7.24. The van der Waals surface area contributed by atoms with Crippen molar-refractivity contribution in [2.24, 2.45) is 11.8 Å². The Labute approximate surface area is 227 Å². The molecule has 3 aromatic rings. The molecule has 0 radical (unpaired) electrons. The van der Waals surface area contributed by atoms with Crippen molar-refractivity contribution in [1.29, 1.82) is 0 Å². The number of thioether (sulfide) groups is 1. The Hall–Kier alpha value is -2.35. The Balaban J connectivity index is 1.31. The van der Waals surface area contributed by atoms with Crippen LogP contribution in [0.5, 0.6) is 5.75 Å². The summed E-state index contributed by atoms with van der Waals surface area (Å²) >= 11 is 8.00. The minimum absolute atomic E-state index is 0.0314. The Bertz CT molecular complexity index is 1200. The van der Waals surface area contributed by atoms with Gasteiger partial charge in [0.05, 0.1) is 17.6 Å². The molecule has 198 valence electrons. The van der Waals surface area contributed by atoms with Crippen LogP contribution in [0.4, 0.5) is 4.39 Å². The monoisotopic (exact) mass is 544 g/mol. The van der Waals surface area contributed by atoms with Crippen LogP contribution < -0.4 is 4.74 Å². The van der Waals surface area contributed by atoms with Crippen molar-refractivity contribution in [3.8, 4) is 5.75 Å². The molecule has 37 heavy (non-hydrogen) atoms. The van der Waals surface area contributed by atoms with Gasteiger partial charge in [-0.15, -0.1) is 11.8 Å². The van der Waals surface area contributed by atoms with E-state index in [0.29, 0.717) is 24.2 Å². The molecular formula is C29H34ClFN2O3S. The topological polar surface area (TPSA) is 62.7 Å². The number of pyridine rings is 1. The number of alkyl halides is 1. The highest BCUT2D eigenvalue weighted by atomic mass is 35.5. The number of ether oxygens (including phenoxy) is 1. The molecule has 0 spiro atoms. The zero-order chi connectivity index (χ0) is 26.2. The van der Waals surface area contributed by atoms with Crippen molar-refractivity contribution in [1.82, 2.24) is 9.88 Å². The van der Waals surface area contributed by atoms with Crippen LogP contribution in [0.15, 0.2) is 59.6 Å². The molecule has 1 saturated heterocycles. The smallest absolute Gasteiger partial charge is 0.303 e. The van der Waals surface area contributed by atoms with Gasteiger partial charge in [-0.3, -0.25) is 9.78 Å². The molecule has 0 unspecified atom stereocenters. The first-order valence-corrected chi connectivity index (χ1v) is 14.2. The number of piperidine rings is 1. The molecule has 1 aliphatic heterocycles. The van der Waals surface area contributed by atoms with E-state index in [4.69, 9.17) is 16.3 Å². The summed E-state index contributed by atoms with van der Waals surface area (Å²) in [5.41, 5.74) is 1.36. The molecular weight excluding hydrogens is 511 g/mol. The maximum absolute atomic E-state index is 15.5. The summed E-state index contributed by atoms with van der Waals surface area (Å²) in [6.45, 7) is 2.60. The minimum Gasteiger partial charge on any atom is -0.497 e. The van der Waals surface area contributed by atoms with E-state index in [-0.39, 0.29) is 18.3 Å². The first kappa shape index (κ1) is 27.7. The predicted molar refractivity (Wildman–Crippen MR) is 148 cm³/mol. The summed E-state index contributed by atoms with van der Waals surface area (Å²) in [6, 6.07) is 15.1. The molecule has 0 bridgehead atoms. The van der Waals surface area contributed by atoms with Gasteiger partial charge in [0, 0.05) is 29.4 Å². The van der Waals surface area contributed by atoms with Gasteiger partial charge >= 0.3 is 5.97 Å². The number of methoxy groups -OCH3 is 1. The lowest BCUT2D eigenvalue weighted by atomic mass is 9.79. The number of benzene rings is 2. The summed E-state index contributed by atoms with van der Waals surface area (Å²) in [5, 5.41) is 11.1. The standard InChI is InChI=1S/C29H34ClFN2O3S/c1-36-22-8-10-27-24(18-22)23(11-13-32-27)26(31)9-7-20-12-15-33(19-21(20)17-29(34)35)14-4-16-37-28-6-3-2-5-25(28)30/h2-3,5-6,8,10-11,13,18,20-21,26H,4,7,9,12,14-17,19H2,1H3,(H,34,35)/t20-,21+,26-/m1/s1. The van der Waals surface area contributed by atoms with Crippen molar-refractivity contribution in [2.45, 2.75) is 43.2 Å². The zero-order valence-corrected chi connectivity index (χ0v) is 22.7. The van der Waals surface area contributed by atoms with Gasteiger partial charge in [-0.2, -0.15) is 0 Å². The molecule has 0 amide bonds. The highest BCUT2D eigenvalue weighted by Gasteiger charge is 2.31. The van der Waals surface area contributed by atoms with E-state index in [9.17, 15) is 9.90 Å². The molecule has 0 aliphatic carbocycles. The van der Waals surface area contributed by atoms with Crippen molar-refractivity contribution in [3.63, 3.8) is 0 Å². The van der Waals surface area contributed by atoms with Gasteiger partial charge in [0.15, 0.2) is 0 Å². The molecule has 1 aliphatic rings. The maximum Gasteiger partial charge on any atom is 0.303 e. The summed E-state index contributed by atoms with van der Waals surface area (Å²) in [4.78, 5) is 19.4. The summed E-state index contributed by atoms with van der Waals surface area (Å²) in [5.74, 6) is 1.08. The van der Waals surface area contributed by atoms with Gasteiger partial charge in [-0.05, 0) is 98.3 Å². The summed E-state index contributed by atoms with van der Waals surface area (Å²) in [6.07, 6.45) is 3.57. The van der Waals surface area contributed by atoms with E-state index in [1.165, 1.54) is 0 Å². The number of likely N-dealkylation sites (tertiary alicyclic amines) is 1. The molecule has 2 heterocycles. The molecule has 1 aromatic heterocycles. The van der Waals surface area contributed by atoms with Crippen LogP contribution in [0, 0.1) is 11.8 Å². The fourth-order valence-corrected chi connectivity index (χ4v) is 6.46. The van der Waals surface area contributed by atoms with Gasteiger partial charge in [-0.25, -0.2) is 4.39 Å². The molecule has 3 atom stereocenters. The largest absolute Gasteiger partial charge is 0.497 e. The quantitative estimate of drug-likeness (QED) is 0.191. The first-order chi connectivity index (χ1) is 17.9. The SMILES string of the molecule is COc1ccc2nccc([C@H](F)CC[C@@H]3CCN(CCCSc4ccccc4Cl)C[C@@H]3CC(=O)O)c2c1. The summed E-state index contributed by atoms with van der Waals surface area (Å²) in [7, 11) is 1.59. The van der Waals surface area contributed by atoms with Crippen LogP contribution in [0.3, 0.4) is 0 Å². The number of aromatic nitrogens is 1. The van der Waals surface area contributed by atoms with Crippen LogP contribution in [-0.4, -0.2) is 53.5 Å². The lowest BCUT2D eigenvalue weighted by Gasteiger charge is -2.38. The number of carboxylic acids is 1. The minimum atomic E-state index is -1.14. The second-order valence-electron chi connectivity index (χ2n) is 9.67. The lowest BCUT2D eigenvalue weighted by molar-refractivity contribution is -0.139. The van der Waals surface area contributed by atoms with Crippen LogP contribution in [-0.2, 0) is 4.79 Å². The normalized spacial score (nSPS) is 19.1. The second-order valence-corrected chi connectivity index (χ2v) is 11.2. The Morgan fingerprint density at radius 1 is 1.27 bits per heavy atom. The number of fused-ring (bicyclic) bond motifs is 1. The zero-order valence-electron chi connectivity index (χ0n) is 21.1. The van der Waals surface area contributed by atoms with E-state index in [2.05, 4.69) is 9.88 Å². The third-order valence-corrected chi connectivity index (χ3v) is 8.84. The van der Waals surface area contributed by atoms with Crippen LogP contribution in [0.2, 0.25) is 5.02 Å². The lowest BCUT2D eigenvalue weighted by Crippen LogP contribution is -2.42. The van der Waals surface area contributed by atoms with Crippen molar-refractivity contribution in [2.75, 3.05) is 32.5 Å². The fraction of sp³-hybridized carbons (Fsp3) is 0.448. The Morgan fingerprint density at radius 3 is 2.89 bits per heavy atom. The van der Waals surface area contributed by atoms with Crippen molar-refractivity contribution in [3.05, 3.63) is 65.3 Å². The molecule has 5 nitrogen and oxygen atoms in total. The van der Waals surface area contributed by atoms with Crippen LogP contribution >= 0.6 is 23.4 Å². The van der Waals surface area contributed by atoms with Gasteiger partial charge in [0.1, 0.15) is 11.9 Å². The Morgan fingerprint density at radius 2 is 2.11 bits per heavy atom. The number of carboxylic acid groups (broad SMARTS) is 1. The molecule has 0 saturated carbocycles. The van der Waals surface area contributed by atoms with E-state index < -0.39 is 12.1 Å². The molecule has 1 N–H and O–H groups in total. The van der Waals surface area contributed by atoms with Crippen LogP contribution in [0.1, 0.15) is 43.8 Å². The van der Waals surface area contributed by atoms with Crippen molar-refractivity contribution < 1.29 is 19.0 Å².